The maximum absolute atomic E-state index is 11.7. The molecule has 1 aliphatic carbocycles. The molecule has 5 heteroatoms. The second-order valence-corrected chi connectivity index (χ2v) is 4.70. The number of ether oxygens (including phenoxy) is 1. The van der Waals surface area contributed by atoms with Crippen LogP contribution in [0.25, 0.3) is 0 Å². The molecule has 1 fully saturated rings. The molecule has 0 spiro atoms. The Bertz CT molecular complexity index is 140. The average Bonchev–Trinajstić information content (AvgIpc) is 1.91. The summed E-state index contributed by atoms with van der Waals surface area (Å²) in [5.74, 6) is 0. The van der Waals surface area contributed by atoms with Crippen LogP contribution in [0, 0.1) is 0 Å². The van der Waals surface area contributed by atoms with Crippen LogP contribution in [0.2, 0.25) is 0 Å². The topological polar surface area (TPSA) is 9.23 Å². The van der Waals surface area contributed by atoms with Crippen molar-refractivity contribution < 1.29 is 17.9 Å². The summed E-state index contributed by atoms with van der Waals surface area (Å²) >= 11 is 2.27. The van der Waals surface area contributed by atoms with Crippen LogP contribution >= 0.6 is 22.6 Å². The van der Waals surface area contributed by atoms with Gasteiger partial charge in [-0.2, -0.15) is 0 Å². The van der Waals surface area contributed by atoms with Crippen LogP contribution in [0.15, 0.2) is 0 Å². The zero-order valence-corrected chi connectivity index (χ0v) is 8.56. The summed E-state index contributed by atoms with van der Waals surface area (Å²) in [6, 6.07) is 0. The summed E-state index contributed by atoms with van der Waals surface area (Å²) in [6.07, 6.45) is -2.32. The lowest BCUT2D eigenvalue weighted by atomic mass is 9.98. The number of hydrogen-bond donors (Lipinski definition) is 0. The Morgan fingerprint density at radius 3 is 2.00 bits per heavy atom. The lowest BCUT2D eigenvalue weighted by molar-refractivity contribution is -0.345. The number of alkyl halides is 4. The fraction of sp³-hybridized carbons (Fsp3) is 1.00. The summed E-state index contributed by atoms with van der Waals surface area (Å²) in [6.45, 7) is 0. The van der Waals surface area contributed by atoms with Crippen LogP contribution in [0.4, 0.5) is 13.2 Å². The molecular weight excluding hydrogens is 284 g/mol. The Morgan fingerprint density at radius 1 is 1.08 bits per heavy atom. The van der Waals surface area contributed by atoms with Gasteiger partial charge in [-0.3, -0.25) is 4.74 Å². The molecule has 0 radical (unpaired) electrons. The fourth-order valence-electron chi connectivity index (χ4n) is 1.33. The molecule has 0 unspecified atom stereocenters. The molecule has 1 rings (SSSR count). The Morgan fingerprint density at radius 2 is 1.58 bits per heavy atom. The second-order valence-electron chi connectivity index (χ2n) is 2.94. The third-order valence-corrected chi connectivity index (χ3v) is 3.15. The fourth-order valence-corrected chi connectivity index (χ4v) is 2.05. The summed E-state index contributed by atoms with van der Waals surface area (Å²) in [7, 11) is 0. The molecule has 0 N–H and O–H groups in total. The Labute approximate surface area is 82.8 Å². The minimum Gasteiger partial charge on any atom is -0.289 e. The average molecular weight is 294 g/mol. The molecule has 1 saturated carbocycles. The van der Waals surface area contributed by atoms with Crippen LogP contribution in [0.3, 0.4) is 0 Å². The summed E-state index contributed by atoms with van der Waals surface area (Å²) in [5.41, 5.74) is 0. The third-order valence-electron chi connectivity index (χ3n) is 1.90. The van der Waals surface area contributed by atoms with Crippen molar-refractivity contribution in [1.29, 1.82) is 0 Å². The van der Waals surface area contributed by atoms with E-state index < -0.39 is 12.5 Å². The SMILES string of the molecule is FC(F)(F)OC1CCC(I)CC1. The van der Waals surface area contributed by atoms with Gasteiger partial charge in [0.05, 0.1) is 6.10 Å². The summed E-state index contributed by atoms with van der Waals surface area (Å²) in [4.78, 5) is 0. The number of halogens is 4. The van der Waals surface area contributed by atoms with Gasteiger partial charge in [-0.1, -0.05) is 22.6 Å². The van der Waals surface area contributed by atoms with Gasteiger partial charge in [0.1, 0.15) is 0 Å². The Balaban J connectivity index is 2.26. The Hall–Kier alpha value is 0.480. The second kappa shape index (κ2) is 4.13. The van der Waals surface area contributed by atoms with Gasteiger partial charge in [0, 0.05) is 3.92 Å². The van der Waals surface area contributed by atoms with Crippen LogP contribution in [0.1, 0.15) is 25.7 Å². The van der Waals surface area contributed by atoms with Crippen molar-refractivity contribution in [1.82, 2.24) is 0 Å². The molecule has 0 saturated heterocycles. The molecule has 1 aliphatic rings. The molecule has 0 bridgehead atoms. The smallest absolute Gasteiger partial charge is 0.289 e. The lowest BCUT2D eigenvalue weighted by Crippen LogP contribution is -2.28. The van der Waals surface area contributed by atoms with Gasteiger partial charge in [-0.25, -0.2) is 0 Å². The van der Waals surface area contributed by atoms with E-state index in [9.17, 15) is 13.2 Å². The first-order chi connectivity index (χ1) is 5.47. The highest BCUT2D eigenvalue weighted by Crippen LogP contribution is 2.30. The molecule has 0 atom stereocenters. The zero-order valence-electron chi connectivity index (χ0n) is 6.40. The molecule has 12 heavy (non-hydrogen) atoms. The van der Waals surface area contributed by atoms with E-state index in [0.717, 1.165) is 12.8 Å². The first-order valence-corrected chi connectivity index (χ1v) is 5.10. The minimum absolute atomic E-state index is 0.524. The summed E-state index contributed by atoms with van der Waals surface area (Å²) in [5, 5.41) is 0. The van der Waals surface area contributed by atoms with E-state index in [1.165, 1.54) is 0 Å². The van der Waals surface area contributed by atoms with Crippen molar-refractivity contribution in [2.45, 2.75) is 42.1 Å². The molecular formula is C7H10F3IO. The van der Waals surface area contributed by atoms with Gasteiger partial charge in [0.2, 0.25) is 0 Å². The largest absolute Gasteiger partial charge is 0.522 e. The van der Waals surface area contributed by atoms with Crippen molar-refractivity contribution in [3.05, 3.63) is 0 Å². The van der Waals surface area contributed by atoms with E-state index >= 15 is 0 Å². The summed E-state index contributed by atoms with van der Waals surface area (Å²) < 4.78 is 39.6. The van der Waals surface area contributed by atoms with Crippen molar-refractivity contribution >= 4 is 22.6 Å². The standard InChI is InChI=1S/C7H10F3IO/c8-7(9,10)12-6-3-1-5(11)2-4-6/h5-6H,1-4H2. The van der Waals surface area contributed by atoms with Gasteiger partial charge >= 0.3 is 6.36 Å². The molecule has 0 amide bonds. The maximum Gasteiger partial charge on any atom is 0.522 e. The molecule has 0 aromatic carbocycles. The first kappa shape index (κ1) is 10.6. The molecule has 0 aromatic heterocycles. The van der Waals surface area contributed by atoms with Crippen LogP contribution in [-0.2, 0) is 4.74 Å². The highest BCUT2D eigenvalue weighted by Gasteiger charge is 2.34. The van der Waals surface area contributed by atoms with Gasteiger partial charge in [-0.15, -0.1) is 13.2 Å². The third kappa shape index (κ3) is 3.93. The molecule has 0 aromatic rings. The maximum atomic E-state index is 11.7. The molecule has 1 nitrogen and oxygen atoms in total. The number of hydrogen-bond acceptors (Lipinski definition) is 1. The predicted octanol–water partition coefficient (Wildman–Crippen LogP) is 3.27. The quantitative estimate of drug-likeness (QED) is 0.533. The highest BCUT2D eigenvalue weighted by molar-refractivity contribution is 14.1. The van der Waals surface area contributed by atoms with Gasteiger partial charge in [-0.05, 0) is 25.7 Å². The van der Waals surface area contributed by atoms with Gasteiger partial charge in [0.15, 0.2) is 0 Å². The molecule has 0 aliphatic heterocycles. The van der Waals surface area contributed by atoms with Crippen molar-refractivity contribution in [3.8, 4) is 0 Å². The van der Waals surface area contributed by atoms with Crippen molar-refractivity contribution in [2.75, 3.05) is 0 Å². The highest BCUT2D eigenvalue weighted by atomic mass is 127. The Kier molecular flexibility index (Phi) is 3.63. The van der Waals surface area contributed by atoms with E-state index in [0.29, 0.717) is 16.8 Å². The monoisotopic (exact) mass is 294 g/mol. The molecule has 72 valence electrons. The normalized spacial score (nSPS) is 32.0. The van der Waals surface area contributed by atoms with Gasteiger partial charge < -0.3 is 0 Å². The van der Waals surface area contributed by atoms with E-state index in [-0.39, 0.29) is 0 Å². The zero-order chi connectivity index (χ0) is 9.19. The number of rotatable bonds is 1. The van der Waals surface area contributed by atoms with E-state index in [2.05, 4.69) is 27.3 Å². The minimum atomic E-state index is -4.46. The predicted molar refractivity (Wildman–Crippen MR) is 47.2 cm³/mol. The van der Waals surface area contributed by atoms with Crippen molar-refractivity contribution in [2.24, 2.45) is 0 Å². The van der Waals surface area contributed by atoms with Crippen molar-refractivity contribution in [3.63, 3.8) is 0 Å². The van der Waals surface area contributed by atoms with Gasteiger partial charge in [0.25, 0.3) is 0 Å². The lowest BCUT2D eigenvalue weighted by Gasteiger charge is -2.25. The van der Waals surface area contributed by atoms with Crippen LogP contribution < -0.4 is 0 Å². The first-order valence-electron chi connectivity index (χ1n) is 3.86. The van der Waals surface area contributed by atoms with Crippen LogP contribution in [-0.4, -0.2) is 16.4 Å². The van der Waals surface area contributed by atoms with E-state index in [4.69, 9.17) is 0 Å². The van der Waals surface area contributed by atoms with E-state index in [1.54, 1.807) is 0 Å². The molecule has 0 heterocycles. The van der Waals surface area contributed by atoms with Crippen LogP contribution in [0.5, 0.6) is 0 Å². The van der Waals surface area contributed by atoms with E-state index in [1.807, 2.05) is 0 Å².